The summed E-state index contributed by atoms with van der Waals surface area (Å²) in [7, 11) is 0. The van der Waals surface area contributed by atoms with Crippen molar-refractivity contribution >= 4 is 69.1 Å². The summed E-state index contributed by atoms with van der Waals surface area (Å²) in [6.45, 7) is 0. The fraction of sp³-hybridized carbons (Fsp3) is 0.222. The van der Waals surface area contributed by atoms with Gasteiger partial charge in [-0.1, -0.05) is 18.6 Å². The highest BCUT2D eigenvalue weighted by Crippen LogP contribution is 2.57. The van der Waals surface area contributed by atoms with Crippen LogP contribution in [0.15, 0.2) is 48.5 Å². The van der Waals surface area contributed by atoms with Crippen molar-refractivity contribution in [1.29, 1.82) is 0 Å². The molecule has 2 aromatic carbocycles. The number of hydrogen-bond acceptors (Lipinski definition) is 7. The van der Waals surface area contributed by atoms with Crippen molar-refractivity contribution in [2.24, 2.45) is 0 Å². The summed E-state index contributed by atoms with van der Waals surface area (Å²) in [6.07, 6.45) is -2.20. The van der Waals surface area contributed by atoms with Gasteiger partial charge in [-0.05, 0) is 85.4 Å². The van der Waals surface area contributed by atoms with Gasteiger partial charge in [0.25, 0.3) is 0 Å². The second-order valence-electron chi connectivity index (χ2n) is 12.3. The van der Waals surface area contributed by atoms with Crippen molar-refractivity contribution in [2.45, 2.75) is 50.1 Å². The minimum Gasteiger partial charge on any atom is -0.481 e. The Balaban J connectivity index is 1.21. The molecule has 8 rings (SSSR count). The fourth-order valence-electron chi connectivity index (χ4n) is 7.04. The Kier molecular flexibility index (Phi) is 6.90. The molecule has 1 fully saturated rings. The molecule has 0 bridgehead atoms. The number of fused-ring (bicyclic) bond motifs is 6. The summed E-state index contributed by atoms with van der Waals surface area (Å²) < 4.78 is 86.6. The number of allylic oxidation sites excluding steroid dienone is 2. The van der Waals surface area contributed by atoms with Crippen LogP contribution in [0.2, 0.25) is 0 Å². The smallest absolute Gasteiger partial charge is 0.416 e. The first-order valence-corrected chi connectivity index (χ1v) is 16.8. The van der Waals surface area contributed by atoms with E-state index in [1.807, 2.05) is 6.07 Å². The zero-order valence-electron chi connectivity index (χ0n) is 24.9. The fourth-order valence-corrected chi connectivity index (χ4v) is 9.41. The van der Waals surface area contributed by atoms with Crippen molar-refractivity contribution in [1.82, 2.24) is 0 Å². The van der Waals surface area contributed by atoms with Gasteiger partial charge in [-0.15, -0.1) is 22.7 Å². The molecular weight excluding hydrogens is 691 g/mol. The number of carbonyl (C=O) groups excluding carboxylic acids is 4. The van der Waals surface area contributed by atoms with Gasteiger partial charge in [0.1, 0.15) is 11.4 Å². The van der Waals surface area contributed by atoms with Crippen LogP contribution in [0.5, 0.6) is 5.75 Å². The Morgan fingerprint density at radius 1 is 0.592 bits per heavy atom. The van der Waals surface area contributed by atoms with Gasteiger partial charge in [-0.2, -0.15) is 26.3 Å². The third-order valence-corrected chi connectivity index (χ3v) is 11.7. The average molecular weight is 711 g/mol. The van der Waals surface area contributed by atoms with E-state index in [1.54, 1.807) is 6.07 Å². The summed E-state index contributed by atoms with van der Waals surface area (Å²) in [5.74, 6) is -3.28. The number of rotatable bonds is 2. The Morgan fingerprint density at radius 3 is 1.59 bits per heavy atom. The molecule has 4 aliphatic rings. The maximum atomic E-state index is 13.3. The maximum Gasteiger partial charge on any atom is 0.416 e. The third kappa shape index (κ3) is 4.96. The van der Waals surface area contributed by atoms with Crippen molar-refractivity contribution < 1.29 is 50.3 Å². The molecule has 13 heteroatoms. The molecule has 0 N–H and O–H groups in total. The number of benzene rings is 2. The van der Waals surface area contributed by atoms with E-state index in [4.69, 9.17) is 4.74 Å². The molecule has 1 spiro atoms. The summed E-state index contributed by atoms with van der Waals surface area (Å²) in [5, 5.41) is 0. The molecule has 0 atom stereocenters. The molecule has 0 unspecified atom stereocenters. The van der Waals surface area contributed by atoms with Crippen LogP contribution < -0.4 is 4.74 Å². The van der Waals surface area contributed by atoms with E-state index in [2.05, 4.69) is 0 Å². The SMILES string of the molecule is O=C1C(=O)c2cc(C(F)(F)F)ccc2/C1=C/c1cc2c(s1)-c1sc(/C=C3\C(=O)C(=O)c4cc(C(F)(F)F)ccc43)cc1C1(CCCCC1)O2. The number of Topliss-reactive ketones (excluding diaryl/α,β-unsaturated/α-hetero) is 4. The van der Waals surface area contributed by atoms with E-state index in [1.165, 1.54) is 34.8 Å². The number of ether oxygens (including phenoxy) is 1. The van der Waals surface area contributed by atoms with E-state index in [0.717, 1.165) is 54.0 Å². The molecule has 1 saturated carbocycles. The number of hydrogen-bond donors (Lipinski definition) is 0. The number of halogens is 6. The van der Waals surface area contributed by atoms with Gasteiger partial charge < -0.3 is 4.74 Å². The topological polar surface area (TPSA) is 77.5 Å². The average Bonchev–Trinajstić information content (AvgIpc) is 3.78. The van der Waals surface area contributed by atoms with Crippen LogP contribution in [-0.4, -0.2) is 23.1 Å². The number of alkyl halides is 6. The highest BCUT2D eigenvalue weighted by molar-refractivity contribution is 7.23. The minimum absolute atomic E-state index is 0.000446. The van der Waals surface area contributed by atoms with Crippen molar-refractivity contribution in [3.05, 3.63) is 97.2 Å². The van der Waals surface area contributed by atoms with Gasteiger partial charge in [-0.3, -0.25) is 19.2 Å². The third-order valence-electron chi connectivity index (χ3n) is 9.37. The van der Waals surface area contributed by atoms with E-state index in [-0.39, 0.29) is 33.4 Å². The lowest BCUT2D eigenvalue weighted by Gasteiger charge is -2.40. The Morgan fingerprint density at radius 2 is 1.08 bits per heavy atom. The molecule has 0 saturated heterocycles. The van der Waals surface area contributed by atoms with Crippen molar-refractivity contribution in [2.75, 3.05) is 0 Å². The van der Waals surface area contributed by atoms with Gasteiger partial charge in [0.15, 0.2) is 0 Å². The minimum atomic E-state index is -4.68. The largest absolute Gasteiger partial charge is 0.481 e. The van der Waals surface area contributed by atoms with Crippen LogP contribution in [0.1, 0.15) is 90.4 Å². The van der Waals surface area contributed by atoms with Gasteiger partial charge >= 0.3 is 12.4 Å². The highest BCUT2D eigenvalue weighted by atomic mass is 32.1. The zero-order chi connectivity index (χ0) is 34.6. The Labute approximate surface area is 281 Å². The van der Waals surface area contributed by atoms with E-state index in [0.29, 0.717) is 45.4 Å². The first-order valence-electron chi connectivity index (χ1n) is 15.2. The molecule has 0 radical (unpaired) electrons. The summed E-state index contributed by atoms with van der Waals surface area (Å²) in [4.78, 5) is 54.0. The lowest BCUT2D eigenvalue weighted by molar-refractivity contribution is -0.138. The van der Waals surface area contributed by atoms with Crippen LogP contribution in [0.25, 0.3) is 33.1 Å². The molecule has 2 aromatic heterocycles. The van der Waals surface area contributed by atoms with Crippen molar-refractivity contribution in [3.8, 4) is 15.5 Å². The normalized spacial score (nSPS) is 19.8. The molecule has 1 aliphatic heterocycles. The van der Waals surface area contributed by atoms with Gasteiger partial charge in [0, 0.05) is 37.6 Å². The quantitative estimate of drug-likeness (QED) is 0.118. The first kappa shape index (κ1) is 31.6. The molecule has 0 amide bonds. The molecule has 49 heavy (non-hydrogen) atoms. The monoisotopic (exact) mass is 710 g/mol. The molecule has 5 nitrogen and oxygen atoms in total. The Hall–Kier alpha value is -4.62. The summed E-state index contributed by atoms with van der Waals surface area (Å²) >= 11 is 2.59. The predicted octanol–water partition coefficient (Wildman–Crippen LogP) is 9.68. The molecular formula is C36H20F6O5S2. The highest BCUT2D eigenvalue weighted by Gasteiger charge is 2.45. The van der Waals surface area contributed by atoms with Crippen LogP contribution in [0, 0.1) is 0 Å². The number of carbonyl (C=O) groups is 4. The van der Waals surface area contributed by atoms with Crippen LogP contribution in [0.4, 0.5) is 26.3 Å². The second kappa shape index (κ2) is 10.7. The van der Waals surface area contributed by atoms with Crippen molar-refractivity contribution in [3.63, 3.8) is 0 Å². The van der Waals surface area contributed by atoms with Gasteiger partial charge in [0.2, 0.25) is 23.1 Å². The second-order valence-corrected chi connectivity index (χ2v) is 14.5. The van der Waals surface area contributed by atoms with Crippen LogP contribution >= 0.6 is 22.7 Å². The lowest BCUT2D eigenvalue weighted by Crippen LogP contribution is -2.37. The number of thiophene rings is 2. The lowest BCUT2D eigenvalue weighted by atomic mass is 9.78. The standard InChI is InChI=1S/C36H20F6O5S2/c37-35(38,39)16-4-6-20-22(10-16)28(43)30(45)24(20)12-18-14-26-32(48-18)33-27(47-34(26)8-2-1-3-9-34)15-19(49-33)13-25-21-7-5-17(36(40,41)42)11-23(21)29(44)31(25)46/h4-7,10-15H,1-3,8-9H2/b24-12-,25-13-. The first-order chi connectivity index (χ1) is 23.1. The number of ketones is 4. The van der Waals surface area contributed by atoms with Gasteiger partial charge in [-0.25, -0.2) is 0 Å². The molecule has 3 heterocycles. The summed E-state index contributed by atoms with van der Waals surface area (Å²) in [6, 6.07) is 8.94. The van der Waals surface area contributed by atoms with E-state index in [9.17, 15) is 45.5 Å². The van der Waals surface area contributed by atoms with Crippen LogP contribution in [-0.2, 0) is 27.5 Å². The molecule has 3 aliphatic carbocycles. The molecule has 248 valence electrons. The predicted molar refractivity (Wildman–Crippen MR) is 170 cm³/mol. The van der Waals surface area contributed by atoms with E-state index < -0.39 is 52.2 Å². The van der Waals surface area contributed by atoms with E-state index >= 15 is 0 Å². The Bertz CT molecular complexity index is 2240. The van der Waals surface area contributed by atoms with Gasteiger partial charge in [0.05, 0.1) is 20.9 Å². The van der Waals surface area contributed by atoms with Crippen LogP contribution in [0.3, 0.4) is 0 Å². The zero-order valence-corrected chi connectivity index (χ0v) is 26.6. The maximum absolute atomic E-state index is 13.3. The molecule has 4 aromatic rings. The summed E-state index contributed by atoms with van der Waals surface area (Å²) in [5.41, 5.74) is -2.26.